The lowest BCUT2D eigenvalue weighted by Gasteiger charge is -1.93. The van der Waals surface area contributed by atoms with Gasteiger partial charge in [0, 0.05) is 20.5 Å². The monoisotopic (exact) mass is 217 g/mol. The van der Waals surface area contributed by atoms with E-state index in [2.05, 4.69) is 0 Å². The van der Waals surface area contributed by atoms with Crippen molar-refractivity contribution < 1.29 is 19.5 Å². The van der Waals surface area contributed by atoms with Gasteiger partial charge in [-0.25, -0.2) is 0 Å². The summed E-state index contributed by atoms with van der Waals surface area (Å²) in [6.45, 7) is 1.97. The van der Waals surface area contributed by atoms with Crippen LogP contribution in [0.1, 0.15) is 32.6 Å². The van der Waals surface area contributed by atoms with Gasteiger partial charge in [-0.15, -0.1) is 0 Å². The summed E-state index contributed by atoms with van der Waals surface area (Å²) in [7, 11) is 3.38. The Kier molecular flexibility index (Phi) is 11.4. The molecule has 88 valence electrons. The summed E-state index contributed by atoms with van der Waals surface area (Å²) in [4.78, 5) is 31.5. The van der Waals surface area contributed by atoms with E-state index >= 15 is 0 Å². The van der Waals surface area contributed by atoms with Crippen LogP contribution in [0.25, 0.3) is 0 Å². The quantitative estimate of drug-likeness (QED) is 0.530. The highest BCUT2D eigenvalue weighted by atomic mass is 16.4. The molecule has 1 N–H and O–H groups in total. The zero-order valence-electron chi connectivity index (χ0n) is 9.52. The van der Waals surface area contributed by atoms with Gasteiger partial charge in [-0.05, 0) is 6.42 Å². The molecule has 0 aliphatic heterocycles. The fourth-order valence-electron chi connectivity index (χ4n) is 0.631. The van der Waals surface area contributed by atoms with Crippen molar-refractivity contribution in [2.24, 2.45) is 0 Å². The van der Waals surface area contributed by atoms with Crippen molar-refractivity contribution in [3.05, 3.63) is 0 Å². The molecule has 0 bridgehead atoms. The van der Waals surface area contributed by atoms with E-state index in [0.717, 1.165) is 19.3 Å². The van der Waals surface area contributed by atoms with Crippen LogP contribution in [0.3, 0.4) is 0 Å². The molecule has 0 aromatic carbocycles. The van der Waals surface area contributed by atoms with Crippen LogP contribution in [0, 0.1) is 0 Å². The summed E-state index contributed by atoms with van der Waals surface area (Å²) in [5.41, 5.74) is 0. The van der Waals surface area contributed by atoms with Gasteiger partial charge in [-0.1, -0.05) is 13.3 Å². The standard InChI is InChI=1S/C7H12O3.C3H7NO/c1-2-3-4-6(8)5-7(9)10;1-4(2)3-5/h2-5H2,1H3,(H,9,10);3H,1-2H3. The highest BCUT2D eigenvalue weighted by Crippen LogP contribution is 1.97. The van der Waals surface area contributed by atoms with Gasteiger partial charge in [0.25, 0.3) is 0 Å². The predicted molar refractivity (Wildman–Crippen MR) is 56.5 cm³/mol. The summed E-state index contributed by atoms with van der Waals surface area (Å²) >= 11 is 0. The molecule has 0 aliphatic rings. The van der Waals surface area contributed by atoms with Crippen LogP contribution >= 0.6 is 0 Å². The van der Waals surface area contributed by atoms with E-state index in [1.165, 1.54) is 4.90 Å². The first-order valence-corrected chi connectivity index (χ1v) is 4.79. The van der Waals surface area contributed by atoms with Crippen LogP contribution in [-0.2, 0) is 14.4 Å². The van der Waals surface area contributed by atoms with Gasteiger partial charge in [0.2, 0.25) is 6.41 Å². The third-order valence-corrected chi connectivity index (χ3v) is 1.37. The average molecular weight is 217 g/mol. The number of unbranched alkanes of at least 4 members (excludes halogenated alkanes) is 1. The van der Waals surface area contributed by atoms with E-state index in [1.54, 1.807) is 14.1 Å². The van der Waals surface area contributed by atoms with Gasteiger partial charge in [0.1, 0.15) is 12.2 Å². The number of ketones is 1. The van der Waals surface area contributed by atoms with Crippen molar-refractivity contribution in [2.45, 2.75) is 32.6 Å². The largest absolute Gasteiger partial charge is 0.481 e. The molecule has 5 nitrogen and oxygen atoms in total. The number of rotatable bonds is 6. The zero-order chi connectivity index (χ0) is 12.3. The van der Waals surface area contributed by atoms with Crippen LogP contribution in [0.2, 0.25) is 0 Å². The van der Waals surface area contributed by atoms with Gasteiger partial charge in [0.15, 0.2) is 0 Å². The summed E-state index contributed by atoms with van der Waals surface area (Å²) < 4.78 is 0. The van der Waals surface area contributed by atoms with E-state index in [9.17, 15) is 14.4 Å². The second kappa shape index (κ2) is 10.7. The highest BCUT2D eigenvalue weighted by Gasteiger charge is 2.05. The third kappa shape index (κ3) is 19.1. The molecule has 15 heavy (non-hydrogen) atoms. The Bertz CT molecular complexity index is 202. The maximum atomic E-state index is 10.6. The van der Waals surface area contributed by atoms with Crippen molar-refractivity contribution in [2.75, 3.05) is 14.1 Å². The van der Waals surface area contributed by atoms with Crippen molar-refractivity contribution in [1.29, 1.82) is 0 Å². The molecule has 0 aliphatic carbocycles. The van der Waals surface area contributed by atoms with Crippen LogP contribution in [-0.4, -0.2) is 42.3 Å². The lowest BCUT2D eigenvalue weighted by molar-refractivity contribution is -0.140. The Balaban J connectivity index is 0. The lowest BCUT2D eigenvalue weighted by atomic mass is 10.1. The zero-order valence-corrected chi connectivity index (χ0v) is 9.52. The maximum Gasteiger partial charge on any atom is 0.310 e. The van der Waals surface area contributed by atoms with Crippen LogP contribution < -0.4 is 0 Å². The fraction of sp³-hybridized carbons (Fsp3) is 0.700. The first-order valence-electron chi connectivity index (χ1n) is 4.79. The molecule has 0 saturated heterocycles. The van der Waals surface area contributed by atoms with Crippen molar-refractivity contribution in [1.82, 2.24) is 4.90 Å². The number of nitrogens with zero attached hydrogens (tertiary/aromatic N) is 1. The predicted octanol–water partition coefficient (Wildman–Crippen LogP) is 0.925. The number of Topliss-reactive ketones (excluding diaryl/α,β-unsaturated/α-hetero) is 1. The van der Waals surface area contributed by atoms with Crippen molar-refractivity contribution >= 4 is 18.2 Å². The summed E-state index contributed by atoms with van der Waals surface area (Å²) in [6.07, 6.45) is 2.57. The molecule has 5 heteroatoms. The molecule has 0 atom stereocenters. The molecule has 0 rings (SSSR count). The fourth-order valence-corrected chi connectivity index (χ4v) is 0.631. The first kappa shape index (κ1) is 16.1. The Labute approximate surface area is 90.1 Å². The molecule has 0 spiro atoms. The summed E-state index contributed by atoms with van der Waals surface area (Å²) in [5.74, 6) is -1.20. The topological polar surface area (TPSA) is 74.7 Å². The van der Waals surface area contributed by atoms with Gasteiger partial charge in [0.05, 0.1) is 0 Å². The van der Waals surface area contributed by atoms with Crippen molar-refractivity contribution in [3.63, 3.8) is 0 Å². The summed E-state index contributed by atoms with van der Waals surface area (Å²) in [6, 6.07) is 0. The number of carboxylic acids is 1. The molecular weight excluding hydrogens is 198 g/mol. The Morgan fingerprint density at radius 3 is 2.07 bits per heavy atom. The minimum absolute atomic E-state index is 0.172. The van der Waals surface area contributed by atoms with E-state index in [-0.39, 0.29) is 12.2 Å². The third-order valence-electron chi connectivity index (χ3n) is 1.37. The van der Waals surface area contributed by atoms with Gasteiger partial charge in [-0.2, -0.15) is 0 Å². The Hall–Kier alpha value is -1.39. The number of carbonyl (C=O) groups is 3. The first-order chi connectivity index (χ1) is 6.93. The van der Waals surface area contributed by atoms with E-state index < -0.39 is 5.97 Å². The van der Waals surface area contributed by atoms with Gasteiger partial charge >= 0.3 is 5.97 Å². The summed E-state index contributed by atoms with van der Waals surface area (Å²) in [5, 5.41) is 8.16. The highest BCUT2D eigenvalue weighted by molar-refractivity contribution is 5.94. The molecule has 0 fully saturated rings. The molecule has 0 saturated carbocycles. The smallest absolute Gasteiger partial charge is 0.310 e. The molecule has 0 radical (unpaired) electrons. The molecule has 1 amide bonds. The number of carbonyl (C=O) groups excluding carboxylic acids is 2. The van der Waals surface area contributed by atoms with Crippen LogP contribution in [0.4, 0.5) is 0 Å². The van der Waals surface area contributed by atoms with Crippen LogP contribution in [0.15, 0.2) is 0 Å². The second-order valence-corrected chi connectivity index (χ2v) is 3.28. The minimum Gasteiger partial charge on any atom is -0.481 e. The molecule has 0 unspecified atom stereocenters. The van der Waals surface area contributed by atoms with Crippen molar-refractivity contribution in [3.8, 4) is 0 Å². The van der Waals surface area contributed by atoms with E-state index in [1.807, 2.05) is 6.92 Å². The Morgan fingerprint density at radius 1 is 1.33 bits per heavy atom. The number of aliphatic carboxylic acids is 1. The molecule has 0 aromatic heterocycles. The van der Waals surface area contributed by atoms with Gasteiger partial charge < -0.3 is 10.0 Å². The number of amides is 1. The number of hydrogen-bond acceptors (Lipinski definition) is 3. The second-order valence-electron chi connectivity index (χ2n) is 3.28. The molecule has 0 aromatic rings. The molecular formula is C10H19NO4. The number of carboxylic acid groups (broad SMARTS) is 1. The normalized spacial score (nSPS) is 8.47. The Morgan fingerprint density at radius 2 is 1.80 bits per heavy atom. The van der Waals surface area contributed by atoms with E-state index in [0.29, 0.717) is 6.42 Å². The van der Waals surface area contributed by atoms with Gasteiger partial charge in [-0.3, -0.25) is 14.4 Å². The minimum atomic E-state index is -1.03. The SMILES string of the molecule is CCCCC(=O)CC(=O)O.CN(C)C=O. The average Bonchev–Trinajstić information content (AvgIpc) is 2.14. The van der Waals surface area contributed by atoms with E-state index in [4.69, 9.17) is 5.11 Å². The van der Waals surface area contributed by atoms with Crippen LogP contribution in [0.5, 0.6) is 0 Å². The lowest BCUT2D eigenvalue weighted by Crippen LogP contribution is -2.06. The molecule has 0 heterocycles. The maximum absolute atomic E-state index is 10.6. The number of hydrogen-bond donors (Lipinski definition) is 1.